The molecule has 0 aliphatic rings. The van der Waals surface area contributed by atoms with Gasteiger partial charge in [0.2, 0.25) is 0 Å². The topological polar surface area (TPSA) is 56.7 Å². The second-order valence-corrected chi connectivity index (χ2v) is 6.47. The molecule has 0 aromatic heterocycles. The maximum absolute atomic E-state index is 12.1. The number of nitrogens with one attached hydrogen (secondary N) is 2. The fourth-order valence-corrected chi connectivity index (χ4v) is 2.85. The van der Waals surface area contributed by atoms with E-state index in [1.54, 1.807) is 31.3 Å². The van der Waals surface area contributed by atoms with Crippen molar-refractivity contribution in [3.8, 4) is 0 Å². The van der Waals surface area contributed by atoms with Crippen molar-refractivity contribution < 1.29 is 4.79 Å². The third-order valence-electron chi connectivity index (χ3n) is 3.75. The van der Waals surface area contributed by atoms with Gasteiger partial charge in [-0.3, -0.25) is 9.79 Å². The Bertz CT molecular complexity index is 786. The first-order valence-electron chi connectivity index (χ1n) is 8.21. The highest BCUT2D eigenvalue weighted by Crippen LogP contribution is 2.16. The van der Waals surface area contributed by atoms with Gasteiger partial charge in [0.25, 0.3) is 5.91 Å². The monoisotopic (exact) mass is 520 g/mol. The lowest BCUT2D eigenvalue weighted by Gasteiger charge is -2.22. The minimum Gasteiger partial charge on any atom is -0.354 e. The summed E-state index contributed by atoms with van der Waals surface area (Å²) in [6.07, 6.45) is 0. The van der Waals surface area contributed by atoms with E-state index in [2.05, 4.69) is 15.6 Å². The smallest absolute Gasteiger partial charge is 0.252 e. The molecule has 2 aromatic carbocycles. The summed E-state index contributed by atoms with van der Waals surface area (Å²) in [4.78, 5) is 18.3. The first-order chi connectivity index (χ1) is 12.5. The standard InChI is InChI=1S/C19H22Cl2N4O.HI/c1-22-19(25(2)13-14-7-3-5-9-16(14)20)24-12-11-23-18(26)15-8-4-6-10-17(15)21;/h3-10H,11-13H2,1-2H3,(H,22,24)(H,23,26);1H. The number of aliphatic imine (C=N–C) groups is 1. The van der Waals surface area contributed by atoms with Gasteiger partial charge in [0.1, 0.15) is 0 Å². The number of rotatable bonds is 6. The summed E-state index contributed by atoms with van der Waals surface area (Å²) in [6.45, 7) is 1.62. The van der Waals surface area contributed by atoms with E-state index in [1.807, 2.05) is 36.2 Å². The molecule has 146 valence electrons. The Hall–Kier alpha value is -1.51. The van der Waals surface area contributed by atoms with Crippen LogP contribution in [-0.4, -0.2) is 44.0 Å². The lowest BCUT2D eigenvalue weighted by atomic mass is 10.2. The normalized spacial score (nSPS) is 10.7. The number of benzene rings is 2. The molecule has 27 heavy (non-hydrogen) atoms. The van der Waals surface area contributed by atoms with Crippen LogP contribution in [0.2, 0.25) is 10.0 Å². The zero-order chi connectivity index (χ0) is 18.9. The predicted octanol–water partition coefficient (Wildman–Crippen LogP) is 4.05. The average molecular weight is 521 g/mol. The van der Waals surface area contributed by atoms with Gasteiger partial charge in [-0.2, -0.15) is 0 Å². The number of nitrogens with zero attached hydrogens (tertiary/aromatic N) is 2. The number of carbonyl (C=O) groups excluding carboxylic acids is 1. The molecule has 0 heterocycles. The zero-order valence-electron chi connectivity index (χ0n) is 15.2. The average Bonchev–Trinajstić information content (AvgIpc) is 2.63. The number of hydrogen-bond acceptors (Lipinski definition) is 2. The number of guanidine groups is 1. The second-order valence-electron chi connectivity index (χ2n) is 5.66. The van der Waals surface area contributed by atoms with E-state index >= 15 is 0 Å². The van der Waals surface area contributed by atoms with E-state index in [0.717, 1.165) is 16.5 Å². The van der Waals surface area contributed by atoms with E-state index in [-0.39, 0.29) is 29.9 Å². The van der Waals surface area contributed by atoms with Crippen LogP contribution < -0.4 is 10.6 Å². The quantitative estimate of drug-likeness (QED) is 0.261. The molecular weight excluding hydrogens is 498 g/mol. The summed E-state index contributed by atoms with van der Waals surface area (Å²) in [5.41, 5.74) is 1.49. The highest BCUT2D eigenvalue weighted by Gasteiger charge is 2.10. The zero-order valence-corrected chi connectivity index (χ0v) is 19.0. The third-order valence-corrected chi connectivity index (χ3v) is 4.45. The molecular formula is C19H23Cl2IN4O. The van der Waals surface area contributed by atoms with Crippen molar-refractivity contribution >= 4 is 59.0 Å². The number of halogens is 3. The molecule has 0 bridgehead atoms. The molecule has 0 saturated carbocycles. The molecule has 0 aliphatic carbocycles. The summed E-state index contributed by atoms with van der Waals surface area (Å²) in [6, 6.07) is 14.7. The molecule has 8 heteroatoms. The molecule has 0 fully saturated rings. The van der Waals surface area contributed by atoms with Crippen molar-refractivity contribution in [2.24, 2.45) is 4.99 Å². The largest absolute Gasteiger partial charge is 0.354 e. The first-order valence-corrected chi connectivity index (χ1v) is 8.96. The molecule has 2 N–H and O–H groups in total. The molecule has 0 atom stereocenters. The lowest BCUT2D eigenvalue weighted by molar-refractivity contribution is 0.0954. The molecule has 5 nitrogen and oxygen atoms in total. The second kappa shape index (κ2) is 12.0. The van der Waals surface area contributed by atoms with Gasteiger partial charge in [-0.1, -0.05) is 53.5 Å². The summed E-state index contributed by atoms with van der Waals surface area (Å²) >= 11 is 12.2. The van der Waals surface area contributed by atoms with Crippen LogP contribution in [0.4, 0.5) is 0 Å². The van der Waals surface area contributed by atoms with Crippen LogP contribution in [0.1, 0.15) is 15.9 Å². The Morgan fingerprint density at radius 2 is 1.59 bits per heavy atom. The van der Waals surface area contributed by atoms with Crippen LogP contribution in [0.5, 0.6) is 0 Å². The third kappa shape index (κ3) is 7.20. The van der Waals surface area contributed by atoms with Crippen LogP contribution in [0.15, 0.2) is 53.5 Å². The fourth-order valence-electron chi connectivity index (χ4n) is 2.43. The Morgan fingerprint density at radius 3 is 2.22 bits per heavy atom. The van der Waals surface area contributed by atoms with Gasteiger partial charge in [0.15, 0.2) is 5.96 Å². The van der Waals surface area contributed by atoms with E-state index in [9.17, 15) is 4.79 Å². The lowest BCUT2D eigenvalue weighted by Crippen LogP contribution is -2.42. The van der Waals surface area contributed by atoms with E-state index in [0.29, 0.717) is 30.2 Å². The van der Waals surface area contributed by atoms with Gasteiger partial charge in [0, 0.05) is 38.8 Å². The van der Waals surface area contributed by atoms with Gasteiger partial charge in [-0.15, -0.1) is 24.0 Å². The Morgan fingerprint density at radius 1 is 1.00 bits per heavy atom. The van der Waals surface area contributed by atoms with Gasteiger partial charge in [-0.05, 0) is 23.8 Å². The molecule has 2 aromatic rings. The van der Waals surface area contributed by atoms with Gasteiger partial charge in [0.05, 0.1) is 10.6 Å². The highest BCUT2D eigenvalue weighted by molar-refractivity contribution is 14.0. The molecule has 0 saturated heterocycles. The van der Waals surface area contributed by atoms with E-state index in [4.69, 9.17) is 23.2 Å². The Labute approximate surface area is 187 Å². The van der Waals surface area contributed by atoms with Crippen LogP contribution in [0, 0.1) is 0 Å². The van der Waals surface area contributed by atoms with Crippen LogP contribution in [-0.2, 0) is 6.54 Å². The van der Waals surface area contributed by atoms with Crippen molar-refractivity contribution in [2.75, 3.05) is 27.2 Å². The number of carbonyl (C=O) groups is 1. The number of hydrogen-bond donors (Lipinski definition) is 2. The van der Waals surface area contributed by atoms with Gasteiger partial charge >= 0.3 is 0 Å². The molecule has 0 aliphatic heterocycles. The maximum atomic E-state index is 12.1. The summed E-state index contributed by atoms with van der Waals surface area (Å²) in [7, 11) is 3.65. The Kier molecular flexibility index (Phi) is 10.5. The summed E-state index contributed by atoms with van der Waals surface area (Å²) < 4.78 is 0. The van der Waals surface area contributed by atoms with Crippen molar-refractivity contribution in [1.82, 2.24) is 15.5 Å². The van der Waals surface area contributed by atoms with Crippen molar-refractivity contribution in [1.29, 1.82) is 0 Å². The SMILES string of the molecule is CN=C(NCCNC(=O)c1ccccc1Cl)N(C)Cc1ccccc1Cl.I. The van der Waals surface area contributed by atoms with Crippen molar-refractivity contribution in [3.63, 3.8) is 0 Å². The van der Waals surface area contributed by atoms with Crippen molar-refractivity contribution in [2.45, 2.75) is 6.54 Å². The highest BCUT2D eigenvalue weighted by atomic mass is 127. The minimum atomic E-state index is -0.197. The fraction of sp³-hybridized carbons (Fsp3) is 0.263. The maximum Gasteiger partial charge on any atom is 0.252 e. The first kappa shape index (κ1) is 23.5. The summed E-state index contributed by atoms with van der Waals surface area (Å²) in [5, 5.41) is 7.21. The van der Waals surface area contributed by atoms with Crippen LogP contribution in [0.25, 0.3) is 0 Å². The molecule has 2 rings (SSSR count). The summed E-state index contributed by atoms with van der Waals surface area (Å²) in [5.74, 6) is 0.522. The molecule has 1 amide bonds. The number of amides is 1. The van der Waals surface area contributed by atoms with Crippen molar-refractivity contribution in [3.05, 3.63) is 69.7 Å². The predicted molar refractivity (Wildman–Crippen MR) is 123 cm³/mol. The minimum absolute atomic E-state index is 0. The van der Waals surface area contributed by atoms with Gasteiger partial charge in [-0.25, -0.2) is 0 Å². The Balaban J connectivity index is 0.00000364. The van der Waals surface area contributed by atoms with Gasteiger partial charge < -0.3 is 15.5 Å². The van der Waals surface area contributed by atoms with Crippen LogP contribution >= 0.6 is 47.2 Å². The molecule has 0 spiro atoms. The van der Waals surface area contributed by atoms with E-state index in [1.165, 1.54) is 0 Å². The molecule has 0 radical (unpaired) electrons. The van der Waals surface area contributed by atoms with E-state index < -0.39 is 0 Å². The van der Waals surface area contributed by atoms with Crippen LogP contribution in [0.3, 0.4) is 0 Å². The molecule has 0 unspecified atom stereocenters.